The number of aryl methyl sites for hydroxylation is 2. The lowest BCUT2D eigenvalue weighted by molar-refractivity contribution is -0.137. The van der Waals surface area contributed by atoms with E-state index in [4.69, 9.17) is 15.4 Å². The quantitative estimate of drug-likeness (QED) is 0.775. The van der Waals surface area contributed by atoms with Gasteiger partial charge in [-0.1, -0.05) is 5.16 Å². The highest BCUT2D eigenvalue weighted by Crippen LogP contribution is 2.14. The minimum atomic E-state index is -0.961. The number of carbonyl (C=O) groups is 2. The standard InChI is InChI=1S/C12H19N3O4/c1-7-9(8(2)19-14-7)6-15(3)12(18)10(13)4-5-11(16)17/h10H,4-6,13H2,1-3H3,(H,16,17). The average molecular weight is 269 g/mol. The van der Waals surface area contributed by atoms with Crippen LogP contribution in [-0.2, 0) is 16.1 Å². The monoisotopic (exact) mass is 269 g/mol. The number of aliphatic carboxylic acids is 1. The molecule has 0 radical (unpaired) electrons. The van der Waals surface area contributed by atoms with Crippen LogP contribution in [0.15, 0.2) is 4.52 Å². The lowest BCUT2D eigenvalue weighted by Gasteiger charge is -2.20. The number of hydrogen-bond acceptors (Lipinski definition) is 5. The van der Waals surface area contributed by atoms with Gasteiger partial charge in [0, 0.05) is 19.0 Å². The summed E-state index contributed by atoms with van der Waals surface area (Å²) < 4.78 is 5.02. The summed E-state index contributed by atoms with van der Waals surface area (Å²) in [6, 6.07) is -0.804. The summed E-state index contributed by atoms with van der Waals surface area (Å²) in [7, 11) is 1.62. The molecule has 7 nitrogen and oxygen atoms in total. The maximum Gasteiger partial charge on any atom is 0.303 e. The molecule has 3 N–H and O–H groups in total. The van der Waals surface area contributed by atoms with Gasteiger partial charge in [-0.25, -0.2) is 0 Å². The SMILES string of the molecule is Cc1noc(C)c1CN(C)C(=O)C(N)CCC(=O)O. The molecule has 1 amide bonds. The van der Waals surface area contributed by atoms with Crippen molar-refractivity contribution < 1.29 is 19.2 Å². The van der Waals surface area contributed by atoms with E-state index in [1.165, 1.54) is 4.90 Å². The van der Waals surface area contributed by atoms with E-state index in [1.54, 1.807) is 20.9 Å². The van der Waals surface area contributed by atoms with E-state index in [-0.39, 0.29) is 18.7 Å². The maximum atomic E-state index is 12.0. The minimum absolute atomic E-state index is 0.119. The van der Waals surface area contributed by atoms with E-state index in [2.05, 4.69) is 5.16 Å². The topological polar surface area (TPSA) is 110 Å². The molecule has 0 aromatic carbocycles. The Morgan fingerprint density at radius 2 is 2.11 bits per heavy atom. The van der Waals surface area contributed by atoms with E-state index < -0.39 is 12.0 Å². The van der Waals surface area contributed by atoms with Gasteiger partial charge < -0.3 is 20.3 Å². The van der Waals surface area contributed by atoms with Crippen LogP contribution in [0.3, 0.4) is 0 Å². The third-order valence-corrected chi connectivity index (χ3v) is 2.94. The molecule has 1 heterocycles. The van der Waals surface area contributed by atoms with Crippen LogP contribution in [0.5, 0.6) is 0 Å². The fourth-order valence-corrected chi connectivity index (χ4v) is 1.73. The first-order valence-electron chi connectivity index (χ1n) is 5.97. The minimum Gasteiger partial charge on any atom is -0.481 e. The first-order chi connectivity index (χ1) is 8.82. The largest absolute Gasteiger partial charge is 0.481 e. The van der Waals surface area contributed by atoms with Gasteiger partial charge in [-0.3, -0.25) is 9.59 Å². The summed E-state index contributed by atoms with van der Waals surface area (Å²) in [6.45, 7) is 3.92. The Morgan fingerprint density at radius 1 is 1.47 bits per heavy atom. The summed E-state index contributed by atoms with van der Waals surface area (Å²) in [4.78, 5) is 23.9. The second-order valence-electron chi connectivity index (χ2n) is 4.54. The zero-order valence-electron chi connectivity index (χ0n) is 11.3. The number of aromatic nitrogens is 1. The lowest BCUT2D eigenvalue weighted by atomic mass is 10.1. The van der Waals surface area contributed by atoms with Crippen molar-refractivity contribution in [3.8, 4) is 0 Å². The molecule has 106 valence electrons. The Labute approximate surface area is 111 Å². The molecular weight excluding hydrogens is 250 g/mol. The van der Waals surface area contributed by atoms with Gasteiger partial charge in [-0.2, -0.15) is 0 Å². The predicted molar refractivity (Wildman–Crippen MR) is 67.3 cm³/mol. The second-order valence-corrected chi connectivity index (χ2v) is 4.54. The van der Waals surface area contributed by atoms with Crippen LogP contribution < -0.4 is 5.73 Å². The molecule has 1 atom stereocenters. The first kappa shape index (κ1) is 15.2. The number of amides is 1. The Kier molecular flexibility index (Phi) is 5.05. The molecule has 0 saturated heterocycles. The van der Waals surface area contributed by atoms with E-state index in [0.29, 0.717) is 12.3 Å². The normalized spacial score (nSPS) is 12.2. The van der Waals surface area contributed by atoms with Crippen molar-refractivity contribution in [2.24, 2.45) is 5.73 Å². The summed E-state index contributed by atoms with van der Waals surface area (Å²) in [6.07, 6.45) is 0.00613. The van der Waals surface area contributed by atoms with Gasteiger partial charge in [0.05, 0.1) is 18.3 Å². The number of likely N-dealkylation sites (N-methyl/N-ethyl adjacent to an activating group) is 1. The molecular formula is C12H19N3O4. The molecule has 0 saturated carbocycles. The molecule has 1 aromatic heterocycles. The number of hydrogen-bond donors (Lipinski definition) is 2. The smallest absolute Gasteiger partial charge is 0.303 e. The molecule has 1 unspecified atom stereocenters. The summed E-state index contributed by atoms with van der Waals surface area (Å²) >= 11 is 0. The van der Waals surface area contributed by atoms with Crippen molar-refractivity contribution in [2.75, 3.05) is 7.05 Å². The predicted octanol–water partition coefficient (Wildman–Crippen LogP) is 0.442. The third-order valence-electron chi connectivity index (χ3n) is 2.94. The van der Waals surface area contributed by atoms with Gasteiger partial charge in [0.1, 0.15) is 5.76 Å². The summed E-state index contributed by atoms with van der Waals surface area (Å²) in [5.74, 6) is -0.589. The molecule has 7 heteroatoms. The van der Waals surface area contributed by atoms with Crippen molar-refractivity contribution in [3.05, 3.63) is 17.0 Å². The van der Waals surface area contributed by atoms with Crippen LogP contribution in [-0.4, -0.2) is 40.1 Å². The number of rotatable bonds is 6. The summed E-state index contributed by atoms with van der Waals surface area (Å²) in [5, 5.41) is 12.4. The van der Waals surface area contributed by atoms with Crippen molar-refractivity contribution in [1.29, 1.82) is 0 Å². The zero-order chi connectivity index (χ0) is 14.6. The third kappa shape index (κ3) is 4.06. The van der Waals surface area contributed by atoms with Crippen molar-refractivity contribution in [2.45, 2.75) is 39.3 Å². The molecule has 0 fully saturated rings. The van der Waals surface area contributed by atoms with Crippen LogP contribution in [0, 0.1) is 13.8 Å². The first-order valence-corrected chi connectivity index (χ1v) is 5.97. The Balaban J connectivity index is 2.60. The maximum absolute atomic E-state index is 12.0. The molecule has 19 heavy (non-hydrogen) atoms. The van der Waals surface area contributed by atoms with Crippen LogP contribution in [0.2, 0.25) is 0 Å². The van der Waals surface area contributed by atoms with Gasteiger partial charge in [-0.15, -0.1) is 0 Å². The van der Waals surface area contributed by atoms with Crippen molar-refractivity contribution in [1.82, 2.24) is 10.1 Å². The van der Waals surface area contributed by atoms with Crippen LogP contribution in [0.1, 0.15) is 29.9 Å². The lowest BCUT2D eigenvalue weighted by Crippen LogP contribution is -2.41. The Bertz CT molecular complexity index is 450. The second kappa shape index (κ2) is 6.33. The molecule has 0 aliphatic carbocycles. The van der Waals surface area contributed by atoms with Crippen LogP contribution >= 0.6 is 0 Å². The fraction of sp³-hybridized carbons (Fsp3) is 0.583. The number of carboxylic acid groups (broad SMARTS) is 1. The highest BCUT2D eigenvalue weighted by molar-refractivity contribution is 5.82. The molecule has 1 rings (SSSR count). The highest BCUT2D eigenvalue weighted by atomic mass is 16.5. The van der Waals surface area contributed by atoms with Crippen LogP contribution in [0.25, 0.3) is 0 Å². The van der Waals surface area contributed by atoms with E-state index in [0.717, 1.165) is 11.3 Å². The Hall–Kier alpha value is -1.89. The van der Waals surface area contributed by atoms with Gasteiger partial charge in [0.15, 0.2) is 0 Å². The van der Waals surface area contributed by atoms with E-state index in [1.807, 2.05) is 0 Å². The molecule has 1 aromatic rings. The zero-order valence-corrected chi connectivity index (χ0v) is 11.3. The molecule has 0 aliphatic heterocycles. The van der Waals surface area contributed by atoms with Gasteiger partial charge in [0.2, 0.25) is 5.91 Å². The van der Waals surface area contributed by atoms with Gasteiger partial charge in [-0.05, 0) is 20.3 Å². The number of carbonyl (C=O) groups excluding carboxylic acids is 1. The van der Waals surface area contributed by atoms with E-state index in [9.17, 15) is 9.59 Å². The van der Waals surface area contributed by atoms with Crippen molar-refractivity contribution in [3.63, 3.8) is 0 Å². The van der Waals surface area contributed by atoms with Crippen molar-refractivity contribution >= 4 is 11.9 Å². The molecule has 0 aliphatic rings. The number of carboxylic acids is 1. The highest BCUT2D eigenvalue weighted by Gasteiger charge is 2.21. The van der Waals surface area contributed by atoms with Crippen LogP contribution in [0.4, 0.5) is 0 Å². The molecule has 0 bridgehead atoms. The molecule has 0 spiro atoms. The Morgan fingerprint density at radius 3 is 2.58 bits per heavy atom. The van der Waals surface area contributed by atoms with Gasteiger partial charge >= 0.3 is 5.97 Å². The number of nitrogens with zero attached hydrogens (tertiary/aromatic N) is 2. The van der Waals surface area contributed by atoms with Gasteiger partial charge in [0.25, 0.3) is 0 Å². The summed E-state index contributed by atoms with van der Waals surface area (Å²) in [5.41, 5.74) is 7.26. The van der Waals surface area contributed by atoms with E-state index >= 15 is 0 Å². The fourth-order valence-electron chi connectivity index (χ4n) is 1.73. The number of nitrogens with two attached hydrogens (primary N) is 1. The average Bonchev–Trinajstić information content (AvgIpc) is 2.66.